The lowest BCUT2D eigenvalue weighted by molar-refractivity contribution is -0.126. The molecule has 1 aliphatic heterocycles. The third kappa shape index (κ3) is 5.16. The first-order chi connectivity index (χ1) is 12.1. The van der Waals surface area contributed by atoms with Crippen molar-refractivity contribution >= 4 is 5.91 Å². The summed E-state index contributed by atoms with van der Waals surface area (Å²) in [4.78, 5) is 12.5. The summed E-state index contributed by atoms with van der Waals surface area (Å²) in [6, 6.07) is 8.46. The van der Waals surface area contributed by atoms with Gasteiger partial charge in [0.15, 0.2) is 0 Å². The summed E-state index contributed by atoms with van der Waals surface area (Å²) in [6.45, 7) is 5.95. The zero-order valence-corrected chi connectivity index (χ0v) is 15.3. The Morgan fingerprint density at radius 3 is 2.68 bits per heavy atom. The molecule has 1 N–H and O–H groups in total. The van der Waals surface area contributed by atoms with E-state index in [9.17, 15) is 4.79 Å². The number of benzene rings is 1. The van der Waals surface area contributed by atoms with Crippen molar-refractivity contribution in [2.24, 2.45) is 5.92 Å². The highest BCUT2D eigenvalue weighted by Gasteiger charge is 2.29. The standard InChI is InChI=1S/C21H29NO3/c1-15(2)7-10-25-20-8-9-24-14-19(20)22-21(23)13-16-11-17-5-3-4-6-18(17)12-16/h3-7,16,19-20H,8-14H2,1-2H3,(H,22,23)/t19-,20+/m1/s1. The van der Waals surface area contributed by atoms with E-state index >= 15 is 0 Å². The lowest BCUT2D eigenvalue weighted by atomic mass is 10.0. The molecule has 136 valence electrons. The van der Waals surface area contributed by atoms with Crippen LogP contribution in [0.4, 0.5) is 0 Å². The van der Waals surface area contributed by atoms with E-state index < -0.39 is 0 Å². The van der Waals surface area contributed by atoms with Crippen LogP contribution in [-0.2, 0) is 27.1 Å². The van der Waals surface area contributed by atoms with E-state index in [0.717, 1.165) is 19.3 Å². The molecular weight excluding hydrogens is 314 g/mol. The van der Waals surface area contributed by atoms with Gasteiger partial charge in [-0.05, 0) is 50.2 Å². The molecule has 0 unspecified atom stereocenters. The second-order valence-electron chi connectivity index (χ2n) is 7.44. The van der Waals surface area contributed by atoms with Gasteiger partial charge >= 0.3 is 0 Å². The predicted octanol–water partition coefficient (Wildman–Crippen LogP) is 3.05. The smallest absolute Gasteiger partial charge is 0.220 e. The number of carbonyl (C=O) groups is 1. The van der Waals surface area contributed by atoms with Gasteiger partial charge in [0.05, 0.1) is 25.4 Å². The third-order valence-corrected chi connectivity index (χ3v) is 5.05. The molecular formula is C21H29NO3. The molecule has 1 fully saturated rings. The number of amides is 1. The van der Waals surface area contributed by atoms with Crippen LogP contribution in [0.2, 0.25) is 0 Å². The van der Waals surface area contributed by atoms with Crippen molar-refractivity contribution in [1.29, 1.82) is 0 Å². The van der Waals surface area contributed by atoms with Gasteiger partial charge < -0.3 is 14.8 Å². The molecule has 1 heterocycles. The molecule has 1 aromatic rings. The van der Waals surface area contributed by atoms with Crippen LogP contribution in [0.1, 0.15) is 37.8 Å². The summed E-state index contributed by atoms with van der Waals surface area (Å²) in [6.07, 6.45) is 5.53. The van der Waals surface area contributed by atoms with Crippen LogP contribution in [-0.4, -0.2) is 37.9 Å². The number of allylic oxidation sites excluding steroid dienone is 1. The van der Waals surface area contributed by atoms with E-state index in [4.69, 9.17) is 9.47 Å². The van der Waals surface area contributed by atoms with E-state index in [-0.39, 0.29) is 18.1 Å². The molecule has 2 atom stereocenters. The maximum atomic E-state index is 12.5. The van der Waals surface area contributed by atoms with E-state index in [2.05, 4.69) is 49.5 Å². The predicted molar refractivity (Wildman–Crippen MR) is 98.5 cm³/mol. The fourth-order valence-corrected chi connectivity index (χ4v) is 3.71. The molecule has 0 saturated carbocycles. The maximum absolute atomic E-state index is 12.5. The Labute approximate surface area is 150 Å². The number of fused-ring (bicyclic) bond motifs is 1. The van der Waals surface area contributed by atoms with Crippen LogP contribution in [0.3, 0.4) is 0 Å². The van der Waals surface area contributed by atoms with E-state index in [0.29, 0.717) is 32.2 Å². The highest BCUT2D eigenvalue weighted by atomic mass is 16.5. The summed E-state index contributed by atoms with van der Waals surface area (Å²) in [7, 11) is 0. The molecule has 1 amide bonds. The van der Waals surface area contributed by atoms with Gasteiger partial charge in [-0.25, -0.2) is 0 Å². The molecule has 3 rings (SSSR count). The average molecular weight is 343 g/mol. The first-order valence-corrected chi connectivity index (χ1v) is 9.30. The number of ether oxygens (including phenoxy) is 2. The Bertz CT molecular complexity index is 596. The van der Waals surface area contributed by atoms with Crippen molar-refractivity contribution in [1.82, 2.24) is 5.32 Å². The number of rotatable bonds is 6. The van der Waals surface area contributed by atoms with Gasteiger partial charge in [0, 0.05) is 13.0 Å². The molecule has 4 nitrogen and oxygen atoms in total. The molecule has 4 heteroatoms. The number of nitrogens with one attached hydrogen (secondary N) is 1. The number of hydrogen-bond donors (Lipinski definition) is 1. The molecule has 1 aliphatic carbocycles. The lowest BCUT2D eigenvalue weighted by Crippen LogP contribution is -2.50. The van der Waals surface area contributed by atoms with Gasteiger partial charge in [0.2, 0.25) is 5.91 Å². The van der Waals surface area contributed by atoms with Gasteiger partial charge in [0.25, 0.3) is 0 Å². The van der Waals surface area contributed by atoms with Crippen molar-refractivity contribution < 1.29 is 14.3 Å². The van der Waals surface area contributed by atoms with Crippen LogP contribution in [0.25, 0.3) is 0 Å². The first-order valence-electron chi connectivity index (χ1n) is 9.30. The number of hydrogen-bond acceptors (Lipinski definition) is 3. The van der Waals surface area contributed by atoms with Crippen molar-refractivity contribution in [3.8, 4) is 0 Å². The largest absolute Gasteiger partial charge is 0.379 e. The molecule has 1 aromatic carbocycles. The molecule has 0 bridgehead atoms. The Morgan fingerprint density at radius 1 is 1.28 bits per heavy atom. The molecule has 0 aromatic heterocycles. The van der Waals surface area contributed by atoms with Crippen LogP contribution in [0.5, 0.6) is 0 Å². The van der Waals surface area contributed by atoms with Crippen molar-refractivity contribution in [2.45, 2.75) is 51.7 Å². The average Bonchev–Trinajstić information content (AvgIpc) is 2.98. The Hall–Kier alpha value is -1.65. The topological polar surface area (TPSA) is 47.6 Å². The van der Waals surface area contributed by atoms with Crippen LogP contribution in [0.15, 0.2) is 35.9 Å². The number of carbonyl (C=O) groups excluding carboxylic acids is 1. The summed E-state index contributed by atoms with van der Waals surface area (Å²) < 4.78 is 11.5. The fraction of sp³-hybridized carbons (Fsp3) is 0.571. The quantitative estimate of drug-likeness (QED) is 0.808. The highest BCUT2D eigenvalue weighted by molar-refractivity contribution is 5.76. The first kappa shape index (κ1) is 18.2. The summed E-state index contributed by atoms with van der Waals surface area (Å²) in [5, 5.41) is 3.15. The van der Waals surface area contributed by atoms with Crippen molar-refractivity contribution in [3.05, 3.63) is 47.0 Å². The minimum atomic E-state index is -0.0457. The summed E-state index contributed by atoms with van der Waals surface area (Å²) in [5.41, 5.74) is 4.03. The monoisotopic (exact) mass is 343 g/mol. The molecule has 0 spiro atoms. The second kappa shape index (κ2) is 8.63. The Balaban J connectivity index is 1.48. The zero-order chi connectivity index (χ0) is 17.6. The molecule has 1 saturated heterocycles. The lowest BCUT2D eigenvalue weighted by Gasteiger charge is -2.32. The Morgan fingerprint density at radius 2 is 2.00 bits per heavy atom. The third-order valence-electron chi connectivity index (χ3n) is 5.05. The van der Waals surface area contributed by atoms with Gasteiger partial charge in [-0.2, -0.15) is 0 Å². The van der Waals surface area contributed by atoms with Crippen LogP contribution in [0, 0.1) is 5.92 Å². The fourth-order valence-electron chi connectivity index (χ4n) is 3.71. The van der Waals surface area contributed by atoms with Crippen molar-refractivity contribution in [3.63, 3.8) is 0 Å². The van der Waals surface area contributed by atoms with Crippen LogP contribution < -0.4 is 5.32 Å². The van der Waals surface area contributed by atoms with Crippen LogP contribution >= 0.6 is 0 Å². The highest BCUT2D eigenvalue weighted by Crippen LogP contribution is 2.28. The second-order valence-corrected chi connectivity index (χ2v) is 7.44. The van der Waals surface area contributed by atoms with Gasteiger partial charge in [-0.1, -0.05) is 35.9 Å². The SMILES string of the molecule is CC(C)=CCO[C@H]1CCOC[C@H]1NC(=O)CC1Cc2ccccc2C1. The zero-order valence-electron chi connectivity index (χ0n) is 15.3. The Kier molecular flexibility index (Phi) is 6.27. The molecule has 25 heavy (non-hydrogen) atoms. The minimum absolute atomic E-state index is 0.0362. The van der Waals surface area contributed by atoms with E-state index in [1.54, 1.807) is 0 Å². The molecule has 2 aliphatic rings. The molecule has 0 radical (unpaired) electrons. The minimum Gasteiger partial charge on any atom is -0.379 e. The maximum Gasteiger partial charge on any atom is 0.220 e. The van der Waals surface area contributed by atoms with Gasteiger partial charge in [-0.3, -0.25) is 4.79 Å². The van der Waals surface area contributed by atoms with Gasteiger partial charge in [0.1, 0.15) is 0 Å². The normalized spacial score (nSPS) is 23.1. The summed E-state index contributed by atoms with van der Waals surface area (Å²) >= 11 is 0. The summed E-state index contributed by atoms with van der Waals surface area (Å²) in [5.74, 6) is 0.524. The van der Waals surface area contributed by atoms with Crippen molar-refractivity contribution in [2.75, 3.05) is 19.8 Å². The van der Waals surface area contributed by atoms with E-state index in [1.807, 2.05) is 0 Å². The van der Waals surface area contributed by atoms with Gasteiger partial charge in [-0.15, -0.1) is 0 Å². The van der Waals surface area contributed by atoms with E-state index in [1.165, 1.54) is 16.7 Å².